The maximum atomic E-state index is 8.86. The van der Waals surface area contributed by atoms with E-state index >= 15 is 0 Å². The van der Waals surface area contributed by atoms with E-state index in [0.29, 0.717) is 16.3 Å². The third kappa shape index (κ3) is 3.62. The van der Waals surface area contributed by atoms with Crippen molar-refractivity contribution in [3.8, 4) is 11.8 Å². The van der Waals surface area contributed by atoms with Crippen LogP contribution in [0.3, 0.4) is 0 Å². The van der Waals surface area contributed by atoms with Crippen LogP contribution in [0, 0.1) is 11.3 Å². The van der Waals surface area contributed by atoms with Crippen LogP contribution in [0.1, 0.15) is 24.8 Å². The summed E-state index contributed by atoms with van der Waals surface area (Å²) in [6.07, 6.45) is 3.38. The molecule has 2 rings (SSSR count). The maximum Gasteiger partial charge on any atom is 0.122 e. The molecule has 0 bridgehead atoms. The Balaban J connectivity index is 2.06. The van der Waals surface area contributed by atoms with Gasteiger partial charge in [0.05, 0.1) is 17.7 Å². The molecule has 1 aromatic carbocycles. The molecule has 0 spiro atoms. The molecule has 1 N–H and O–H groups in total. The highest BCUT2D eigenvalue weighted by molar-refractivity contribution is 6.30. The van der Waals surface area contributed by atoms with Crippen molar-refractivity contribution in [3.63, 3.8) is 0 Å². The zero-order valence-corrected chi connectivity index (χ0v) is 10.3. The van der Waals surface area contributed by atoms with Gasteiger partial charge < -0.3 is 10.1 Å². The smallest absolute Gasteiger partial charge is 0.122 e. The molecule has 1 aliphatic heterocycles. The zero-order valence-electron chi connectivity index (χ0n) is 9.58. The minimum Gasteiger partial charge on any atom is -0.490 e. The first-order chi connectivity index (χ1) is 8.28. The Labute approximate surface area is 106 Å². The largest absolute Gasteiger partial charge is 0.490 e. The van der Waals surface area contributed by atoms with Crippen molar-refractivity contribution in [1.82, 2.24) is 5.32 Å². The predicted octanol–water partition coefficient (Wildman–Crippen LogP) is 2.73. The van der Waals surface area contributed by atoms with Crippen molar-refractivity contribution in [2.75, 3.05) is 13.1 Å². The van der Waals surface area contributed by atoms with Crippen LogP contribution in [-0.4, -0.2) is 19.2 Å². The Kier molecular flexibility index (Phi) is 4.24. The van der Waals surface area contributed by atoms with Crippen molar-refractivity contribution in [1.29, 1.82) is 5.26 Å². The number of ether oxygens (including phenoxy) is 1. The molecular formula is C13H15ClN2O. The lowest BCUT2D eigenvalue weighted by atomic mass is 10.1. The van der Waals surface area contributed by atoms with Gasteiger partial charge in [-0.2, -0.15) is 5.26 Å². The molecule has 1 fully saturated rings. The van der Waals surface area contributed by atoms with Gasteiger partial charge >= 0.3 is 0 Å². The SMILES string of the molecule is N#Cc1cc(Cl)cc(OC2CCCNCC2)c1. The summed E-state index contributed by atoms with van der Waals surface area (Å²) in [6.45, 7) is 2.04. The molecule has 1 heterocycles. The highest BCUT2D eigenvalue weighted by atomic mass is 35.5. The van der Waals surface area contributed by atoms with Crippen LogP contribution in [0.25, 0.3) is 0 Å². The van der Waals surface area contributed by atoms with Crippen LogP contribution in [0.5, 0.6) is 5.75 Å². The average molecular weight is 251 g/mol. The molecule has 0 radical (unpaired) electrons. The number of benzene rings is 1. The van der Waals surface area contributed by atoms with Gasteiger partial charge in [-0.15, -0.1) is 0 Å². The first kappa shape index (κ1) is 12.2. The Morgan fingerprint density at radius 1 is 1.29 bits per heavy atom. The molecule has 0 amide bonds. The Bertz CT molecular complexity index is 420. The summed E-state index contributed by atoms with van der Waals surface area (Å²) in [5, 5.41) is 12.7. The molecule has 17 heavy (non-hydrogen) atoms. The fraction of sp³-hybridized carbons (Fsp3) is 0.462. The molecular weight excluding hydrogens is 236 g/mol. The van der Waals surface area contributed by atoms with Crippen molar-refractivity contribution in [2.24, 2.45) is 0 Å². The van der Waals surface area contributed by atoms with Gasteiger partial charge in [-0.05, 0) is 50.6 Å². The van der Waals surface area contributed by atoms with E-state index in [0.717, 1.165) is 32.4 Å². The monoisotopic (exact) mass is 250 g/mol. The third-order valence-electron chi connectivity index (χ3n) is 2.83. The van der Waals surface area contributed by atoms with Crippen LogP contribution >= 0.6 is 11.6 Å². The number of nitriles is 1. The second-order valence-corrected chi connectivity index (χ2v) is 4.64. The van der Waals surface area contributed by atoms with Crippen molar-refractivity contribution in [3.05, 3.63) is 28.8 Å². The maximum absolute atomic E-state index is 8.86. The lowest BCUT2D eigenvalue weighted by Crippen LogP contribution is -2.19. The van der Waals surface area contributed by atoms with Crippen LogP contribution in [0.2, 0.25) is 5.02 Å². The first-order valence-electron chi connectivity index (χ1n) is 5.86. The number of nitrogens with one attached hydrogen (secondary N) is 1. The summed E-state index contributed by atoms with van der Waals surface area (Å²) in [6, 6.07) is 7.23. The summed E-state index contributed by atoms with van der Waals surface area (Å²) in [5.74, 6) is 0.695. The van der Waals surface area contributed by atoms with Gasteiger partial charge in [0.25, 0.3) is 0 Å². The molecule has 1 atom stereocenters. The fourth-order valence-electron chi connectivity index (χ4n) is 1.99. The van der Waals surface area contributed by atoms with Gasteiger partial charge in [-0.25, -0.2) is 0 Å². The number of hydrogen-bond acceptors (Lipinski definition) is 3. The van der Waals surface area contributed by atoms with Crippen molar-refractivity contribution < 1.29 is 4.74 Å². The van der Waals surface area contributed by atoms with E-state index in [2.05, 4.69) is 11.4 Å². The van der Waals surface area contributed by atoms with E-state index in [-0.39, 0.29) is 6.10 Å². The first-order valence-corrected chi connectivity index (χ1v) is 6.24. The van der Waals surface area contributed by atoms with E-state index in [1.165, 1.54) is 0 Å². The summed E-state index contributed by atoms with van der Waals surface area (Å²) >= 11 is 5.94. The highest BCUT2D eigenvalue weighted by Crippen LogP contribution is 2.23. The van der Waals surface area contributed by atoms with Crippen LogP contribution in [0.4, 0.5) is 0 Å². The van der Waals surface area contributed by atoms with Gasteiger partial charge in [0.1, 0.15) is 5.75 Å². The predicted molar refractivity (Wildman–Crippen MR) is 67.3 cm³/mol. The molecule has 0 aliphatic carbocycles. The van der Waals surface area contributed by atoms with Gasteiger partial charge in [-0.1, -0.05) is 11.6 Å². The van der Waals surface area contributed by atoms with Crippen LogP contribution in [0.15, 0.2) is 18.2 Å². The molecule has 1 saturated heterocycles. The number of hydrogen-bond donors (Lipinski definition) is 1. The van der Waals surface area contributed by atoms with Crippen molar-refractivity contribution in [2.45, 2.75) is 25.4 Å². The van der Waals surface area contributed by atoms with E-state index in [1.54, 1.807) is 18.2 Å². The third-order valence-corrected chi connectivity index (χ3v) is 3.04. The number of halogens is 1. The normalized spacial score (nSPS) is 20.4. The Morgan fingerprint density at radius 2 is 2.18 bits per heavy atom. The van der Waals surface area contributed by atoms with E-state index in [9.17, 15) is 0 Å². The number of rotatable bonds is 2. The molecule has 1 aromatic rings. The molecule has 0 aromatic heterocycles. The van der Waals surface area contributed by atoms with Gasteiger partial charge in [0.15, 0.2) is 0 Å². The molecule has 1 unspecified atom stereocenters. The standard InChI is InChI=1S/C13H15ClN2O/c14-11-6-10(9-15)7-13(8-11)17-12-2-1-4-16-5-3-12/h6-8,12,16H,1-5H2. The summed E-state index contributed by atoms with van der Waals surface area (Å²) in [7, 11) is 0. The molecule has 0 saturated carbocycles. The molecule has 1 aliphatic rings. The number of nitrogens with zero attached hydrogens (tertiary/aromatic N) is 1. The van der Waals surface area contributed by atoms with Crippen molar-refractivity contribution >= 4 is 11.6 Å². The lowest BCUT2D eigenvalue weighted by molar-refractivity contribution is 0.187. The van der Waals surface area contributed by atoms with E-state index in [1.807, 2.05) is 0 Å². The molecule has 3 nitrogen and oxygen atoms in total. The molecule has 90 valence electrons. The second-order valence-electron chi connectivity index (χ2n) is 4.21. The van der Waals surface area contributed by atoms with Gasteiger partial charge in [0, 0.05) is 5.02 Å². The topological polar surface area (TPSA) is 45.0 Å². The Hall–Kier alpha value is -1.24. The van der Waals surface area contributed by atoms with Crippen LogP contribution < -0.4 is 10.1 Å². The van der Waals surface area contributed by atoms with E-state index < -0.39 is 0 Å². The van der Waals surface area contributed by atoms with Crippen LogP contribution in [-0.2, 0) is 0 Å². The lowest BCUT2D eigenvalue weighted by Gasteiger charge is -2.16. The average Bonchev–Trinajstić information content (AvgIpc) is 2.57. The van der Waals surface area contributed by atoms with Gasteiger partial charge in [0.2, 0.25) is 0 Å². The zero-order chi connectivity index (χ0) is 12.1. The van der Waals surface area contributed by atoms with E-state index in [4.69, 9.17) is 21.6 Å². The second kappa shape index (κ2) is 5.90. The summed E-state index contributed by atoms with van der Waals surface area (Å²) < 4.78 is 5.88. The summed E-state index contributed by atoms with van der Waals surface area (Å²) in [4.78, 5) is 0. The minimum absolute atomic E-state index is 0.218. The highest BCUT2D eigenvalue weighted by Gasteiger charge is 2.13. The minimum atomic E-state index is 0.218. The quantitative estimate of drug-likeness (QED) is 0.878. The summed E-state index contributed by atoms with van der Waals surface area (Å²) in [5.41, 5.74) is 0.541. The molecule has 4 heteroatoms. The van der Waals surface area contributed by atoms with Gasteiger partial charge in [-0.3, -0.25) is 0 Å². The fourth-order valence-corrected chi connectivity index (χ4v) is 2.22. The Morgan fingerprint density at radius 3 is 3.00 bits per heavy atom.